The van der Waals surface area contributed by atoms with E-state index in [2.05, 4.69) is 15.2 Å². The van der Waals surface area contributed by atoms with Crippen molar-refractivity contribution < 1.29 is 4.79 Å². The molecule has 0 unspecified atom stereocenters. The van der Waals surface area contributed by atoms with Crippen LogP contribution in [0.5, 0.6) is 0 Å². The zero-order valence-corrected chi connectivity index (χ0v) is 15.9. The number of anilines is 1. The van der Waals surface area contributed by atoms with Crippen molar-refractivity contribution in [1.82, 2.24) is 15.3 Å². The van der Waals surface area contributed by atoms with Crippen LogP contribution in [0.3, 0.4) is 0 Å². The Morgan fingerprint density at radius 3 is 2.37 bits per heavy atom. The van der Waals surface area contributed by atoms with Crippen molar-refractivity contribution in [3.8, 4) is 11.4 Å². The van der Waals surface area contributed by atoms with Crippen molar-refractivity contribution in [3.05, 3.63) is 42.1 Å². The van der Waals surface area contributed by atoms with E-state index in [0.717, 1.165) is 37.3 Å². The highest BCUT2D eigenvalue weighted by molar-refractivity contribution is 5.93. The Hall–Kier alpha value is -2.43. The maximum absolute atomic E-state index is 12.9. The molecule has 0 bridgehead atoms. The van der Waals surface area contributed by atoms with Gasteiger partial charge in [-0.25, -0.2) is 9.97 Å². The first kappa shape index (κ1) is 18.0. The first-order chi connectivity index (χ1) is 13.3. The minimum Gasteiger partial charge on any atom is -0.356 e. The minimum absolute atomic E-state index is 0.0697. The maximum Gasteiger partial charge on any atom is 0.270 e. The van der Waals surface area contributed by atoms with Crippen LogP contribution in [-0.4, -0.2) is 35.0 Å². The molecule has 1 saturated carbocycles. The first-order valence-electron chi connectivity index (χ1n) is 10.3. The molecule has 0 atom stereocenters. The quantitative estimate of drug-likeness (QED) is 0.883. The normalized spacial score (nSPS) is 18.3. The highest BCUT2D eigenvalue weighted by atomic mass is 16.1. The molecular formula is C22H28N4O. The van der Waals surface area contributed by atoms with Gasteiger partial charge in [0.15, 0.2) is 5.82 Å². The molecule has 2 aromatic rings. The number of rotatable bonds is 4. The zero-order chi connectivity index (χ0) is 18.5. The summed E-state index contributed by atoms with van der Waals surface area (Å²) in [5.41, 5.74) is 1.43. The van der Waals surface area contributed by atoms with E-state index in [1.54, 1.807) is 0 Å². The van der Waals surface area contributed by atoms with Crippen molar-refractivity contribution in [2.45, 2.75) is 57.4 Å². The minimum atomic E-state index is -0.0697. The molecule has 2 heterocycles. The Morgan fingerprint density at radius 2 is 1.63 bits per heavy atom. The number of carbonyl (C=O) groups is 1. The third-order valence-electron chi connectivity index (χ3n) is 5.60. The predicted molar refractivity (Wildman–Crippen MR) is 108 cm³/mol. The van der Waals surface area contributed by atoms with Gasteiger partial charge in [-0.3, -0.25) is 4.79 Å². The van der Waals surface area contributed by atoms with Crippen molar-refractivity contribution >= 4 is 11.7 Å². The van der Waals surface area contributed by atoms with Crippen LogP contribution in [0.2, 0.25) is 0 Å². The number of nitrogens with one attached hydrogen (secondary N) is 1. The number of carbonyl (C=O) groups excluding carboxylic acids is 1. The Labute approximate surface area is 161 Å². The average Bonchev–Trinajstić information content (AvgIpc) is 2.75. The smallest absolute Gasteiger partial charge is 0.270 e. The van der Waals surface area contributed by atoms with Crippen LogP contribution < -0.4 is 10.2 Å². The van der Waals surface area contributed by atoms with Gasteiger partial charge in [0.05, 0.1) is 0 Å². The number of hydrogen-bond acceptors (Lipinski definition) is 4. The van der Waals surface area contributed by atoms with Crippen LogP contribution in [0.15, 0.2) is 36.4 Å². The molecule has 1 N–H and O–H groups in total. The van der Waals surface area contributed by atoms with Crippen LogP contribution in [0.1, 0.15) is 61.9 Å². The monoisotopic (exact) mass is 364 g/mol. The highest BCUT2D eigenvalue weighted by Crippen LogP contribution is 2.23. The fraction of sp³-hybridized carbons (Fsp3) is 0.500. The molecule has 0 spiro atoms. The Bertz CT molecular complexity index is 765. The molecule has 1 aromatic heterocycles. The van der Waals surface area contributed by atoms with Gasteiger partial charge in [0, 0.05) is 30.8 Å². The third kappa shape index (κ3) is 4.46. The third-order valence-corrected chi connectivity index (χ3v) is 5.60. The van der Waals surface area contributed by atoms with E-state index in [1.807, 2.05) is 36.4 Å². The fourth-order valence-electron chi connectivity index (χ4n) is 4.06. The molecular weight excluding hydrogens is 336 g/mol. The molecule has 4 rings (SSSR count). The van der Waals surface area contributed by atoms with E-state index in [0.29, 0.717) is 11.5 Å². The molecule has 27 heavy (non-hydrogen) atoms. The fourth-order valence-corrected chi connectivity index (χ4v) is 4.06. The summed E-state index contributed by atoms with van der Waals surface area (Å²) in [7, 11) is 0. The van der Waals surface area contributed by atoms with Crippen LogP contribution >= 0.6 is 0 Å². The summed E-state index contributed by atoms with van der Waals surface area (Å²) in [5, 5.41) is 3.20. The standard InChI is InChI=1S/C22H28N4O/c27-22(23-18-12-6-2-7-13-18)19-16-20(26-14-8-3-9-15-26)25-21(24-19)17-10-4-1-5-11-17/h1,4-5,10-11,16,18H,2-3,6-9,12-15H2,(H,23,27). The summed E-state index contributed by atoms with van der Waals surface area (Å²) in [5.74, 6) is 1.43. The zero-order valence-electron chi connectivity index (χ0n) is 15.9. The average molecular weight is 364 g/mol. The molecule has 1 aliphatic heterocycles. The predicted octanol–water partition coefficient (Wildman–Crippen LogP) is 4.20. The summed E-state index contributed by atoms with van der Waals surface area (Å²) < 4.78 is 0. The van der Waals surface area contributed by atoms with E-state index < -0.39 is 0 Å². The van der Waals surface area contributed by atoms with Crippen LogP contribution in [-0.2, 0) is 0 Å². The highest BCUT2D eigenvalue weighted by Gasteiger charge is 2.21. The molecule has 0 radical (unpaired) electrons. The number of piperidine rings is 1. The summed E-state index contributed by atoms with van der Waals surface area (Å²) in [6.45, 7) is 1.99. The van der Waals surface area contributed by atoms with Gasteiger partial charge < -0.3 is 10.2 Å². The van der Waals surface area contributed by atoms with E-state index in [-0.39, 0.29) is 11.9 Å². The molecule has 142 valence electrons. The summed E-state index contributed by atoms with van der Waals surface area (Å²) in [6.07, 6.45) is 9.43. The largest absolute Gasteiger partial charge is 0.356 e. The number of amides is 1. The lowest BCUT2D eigenvalue weighted by atomic mass is 9.95. The molecule has 2 aliphatic rings. The number of hydrogen-bond donors (Lipinski definition) is 1. The van der Waals surface area contributed by atoms with E-state index in [9.17, 15) is 4.79 Å². The van der Waals surface area contributed by atoms with Crippen LogP contribution in [0.25, 0.3) is 11.4 Å². The van der Waals surface area contributed by atoms with Crippen molar-refractivity contribution in [1.29, 1.82) is 0 Å². The molecule has 5 nitrogen and oxygen atoms in total. The Kier molecular flexibility index (Phi) is 5.66. The number of nitrogens with zero attached hydrogens (tertiary/aromatic N) is 3. The van der Waals surface area contributed by atoms with Gasteiger partial charge in [-0.15, -0.1) is 0 Å². The lowest BCUT2D eigenvalue weighted by Gasteiger charge is -2.28. The maximum atomic E-state index is 12.9. The van der Waals surface area contributed by atoms with E-state index in [4.69, 9.17) is 4.98 Å². The van der Waals surface area contributed by atoms with E-state index in [1.165, 1.54) is 38.5 Å². The molecule has 1 aliphatic carbocycles. The SMILES string of the molecule is O=C(NC1CCCCC1)c1cc(N2CCCCC2)nc(-c2ccccc2)n1. The second kappa shape index (κ2) is 8.51. The van der Waals surface area contributed by atoms with Gasteiger partial charge in [0.25, 0.3) is 5.91 Å². The Balaban J connectivity index is 1.63. The van der Waals surface area contributed by atoms with Gasteiger partial charge in [-0.2, -0.15) is 0 Å². The summed E-state index contributed by atoms with van der Waals surface area (Å²) >= 11 is 0. The van der Waals surface area contributed by atoms with Crippen molar-refractivity contribution in [2.75, 3.05) is 18.0 Å². The van der Waals surface area contributed by atoms with E-state index >= 15 is 0 Å². The topological polar surface area (TPSA) is 58.1 Å². The lowest BCUT2D eigenvalue weighted by molar-refractivity contribution is 0.0922. The molecule has 1 amide bonds. The van der Waals surface area contributed by atoms with Gasteiger partial charge in [-0.1, -0.05) is 49.6 Å². The molecule has 2 fully saturated rings. The van der Waals surface area contributed by atoms with Gasteiger partial charge in [-0.05, 0) is 32.1 Å². The van der Waals surface area contributed by atoms with Crippen LogP contribution in [0.4, 0.5) is 5.82 Å². The second-order valence-electron chi connectivity index (χ2n) is 7.66. The Morgan fingerprint density at radius 1 is 0.926 bits per heavy atom. The van der Waals surface area contributed by atoms with Crippen molar-refractivity contribution in [3.63, 3.8) is 0 Å². The van der Waals surface area contributed by atoms with Gasteiger partial charge in [0.2, 0.25) is 0 Å². The number of aromatic nitrogens is 2. The molecule has 1 aromatic carbocycles. The molecule has 5 heteroatoms. The first-order valence-corrected chi connectivity index (χ1v) is 10.3. The second-order valence-corrected chi connectivity index (χ2v) is 7.66. The summed E-state index contributed by atoms with van der Waals surface area (Å²) in [4.78, 5) is 24.6. The molecule has 1 saturated heterocycles. The van der Waals surface area contributed by atoms with Gasteiger partial charge >= 0.3 is 0 Å². The number of benzene rings is 1. The lowest BCUT2D eigenvalue weighted by Crippen LogP contribution is -2.37. The van der Waals surface area contributed by atoms with Crippen LogP contribution in [0, 0.1) is 0 Å². The van der Waals surface area contributed by atoms with Crippen molar-refractivity contribution in [2.24, 2.45) is 0 Å². The summed E-state index contributed by atoms with van der Waals surface area (Å²) in [6, 6.07) is 12.1. The van der Waals surface area contributed by atoms with Gasteiger partial charge in [0.1, 0.15) is 11.5 Å².